The second-order valence-corrected chi connectivity index (χ2v) is 13.5. The first-order valence-electron chi connectivity index (χ1n) is 16.3. The molecule has 0 aromatic heterocycles. The number of piperidine rings is 1. The van der Waals surface area contributed by atoms with Gasteiger partial charge in [-0.2, -0.15) is 0 Å². The minimum atomic E-state index is -0.791. The van der Waals surface area contributed by atoms with Crippen LogP contribution in [-0.2, 0) is 9.53 Å². The van der Waals surface area contributed by atoms with Crippen molar-refractivity contribution >= 4 is 5.97 Å². The summed E-state index contributed by atoms with van der Waals surface area (Å²) >= 11 is 0. The van der Waals surface area contributed by atoms with Gasteiger partial charge in [0.25, 0.3) is 0 Å². The van der Waals surface area contributed by atoms with Gasteiger partial charge in [0.2, 0.25) is 0 Å². The van der Waals surface area contributed by atoms with Crippen LogP contribution in [0, 0.1) is 5.92 Å². The van der Waals surface area contributed by atoms with Crippen molar-refractivity contribution in [2.75, 3.05) is 6.61 Å². The predicted molar refractivity (Wildman–Crippen MR) is 159 cm³/mol. The zero-order valence-corrected chi connectivity index (χ0v) is 25.7. The highest BCUT2D eigenvalue weighted by molar-refractivity contribution is 5.72. The summed E-state index contributed by atoms with van der Waals surface area (Å²) < 4.78 is 5.61. The van der Waals surface area contributed by atoms with Crippen LogP contribution < -0.4 is 5.32 Å². The highest BCUT2D eigenvalue weighted by Gasteiger charge is 2.37. The molecule has 1 aliphatic rings. The lowest BCUT2D eigenvalue weighted by molar-refractivity contribution is -0.151. The average molecular weight is 524 g/mol. The van der Waals surface area contributed by atoms with E-state index in [2.05, 4.69) is 39.9 Å². The van der Waals surface area contributed by atoms with Crippen molar-refractivity contribution in [3.05, 3.63) is 0 Å². The molecule has 1 unspecified atom stereocenters. The molecule has 1 rings (SSSR count). The van der Waals surface area contributed by atoms with E-state index in [1.165, 1.54) is 109 Å². The lowest BCUT2D eigenvalue weighted by atomic mass is 9.74. The van der Waals surface area contributed by atoms with Crippen molar-refractivity contribution in [2.45, 2.75) is 193 Å². The Morgan fingerprint density at radius 2 is 1.16 bits per heavy atom. The van der Waals surface area contributed by atoms with Gasteiger partial charge in [-0.05, 0) is 59.3 Å². The number of aliphatic carboxylic acids is 1. The first-order chi connectivity index (χ1) is 17.7. The second-order valence-electron chi connectivity index (χ2n) is 13.5. The van der Waals surface area contributed by atoms with Crippen LogP contribution in [0.1, 0.15) is 176 Å². The summed E-state index contributed by atoms with van der Waals surface area (Å²) in [6.07, 6.45) is 27.3. The smallest absolute Gasteiger partial charge is 0.332 e. The van der Waals surface area contributed by atoms with Gasteiger partial charge in [0.05, 0.1) is 0 Å². The Labute approximate surface area is 231 Å². The fraction of sp³-hybridized carbons (Fsp3) is 0.970. The number of hydrogen-bond donors (Lipinski definition) is 2. The van der Waals surface area contributed by atoms with E-state index in [1.54, 1.807) is 0 Å². The van der Waals surface area contributed by atoms with Gasteiger partial charge in [-0.3, -0.25) is 0 Å². The van der Waals surface area contributed by atoms with Crippen molar-refractivity contribution in [3.8, 4) is 0 Å². The number of carboxylic acids is 1. The van der Waals surface area contributed by atoms with E-state index in [1.807, 2.05) is 0 Å². The standard InChI is InChI=1S/C33H65NO3/c1-6-7-8-23-26-37-30(31(35)36)25-22-20-18-16-14-12-10-9-11-13-15-17-19-21-24-29-27-32(2,3)34-33(4,5)28-29/h29-30,34H,6-28H2,1-5H3,(H,35,36). The zero-order valence-electron chi connectivity index (χ0n) is 25.7. The minimum absolute atomic E-state index is 0.292. The maximum Gasteiger partial charge on any atom is 0.332 e. The topological polar surface area (TPSA) is 58.6 Å². The molecule has 0 spiro atoms. The largest absolute Gasteiger partial charge is 0.479 e. The van der Waals surface area contributed by atoms with Crippen molar-refractivity contribution in [2.24, 2.45) is 5.92 Å². The van der Waals surface area contributed by atoms with Gasteiger partial charge in [0.1, 0.15) is 0 Å². The minimum Gasteiger partial charge on any atom is -0.479 e. The maximum absolute atomic E-state index is 11.4. The van der Waals surface area contributed by atoms with Crippen LogP contribution >= 0.6 is 0 Å². The molecule has 1 heterocycles. The molecular formula is C33H65NO3. The lowest BCUT2D eigenvalue weighted by Gasteiger charge is -2.46. The summed E-state index contributed by atoms with van der Waals surface area (Å²) in [7, 11) is 0. The number of hydrogen-bond acceptors (Lipinski definition) is 3. The summed E-state index contributed by atoms with van der Waals surface area (Å²) in [4.78, 5) is 11.4. The van der Waals surface area contributed by atoms with Crippen molar-refractivity contribution < 1.29 is 14.6 Å². The van der Waals surface area contributed by atoms with Crippen LogP contribution in [0.15, 0.2) is 0 Å². The van der Waals surface area contributed by atoms with Crippen LogP contribution in [0.25, 0.3) is 0 Å². The van der Waals surface area contributed by atoms with Crippen LogP contribution in [0.2, 0.25) is 0 Å². The van der Waals surface area contributed by atoms with Crippen LogP contribution in [0.5, 0.6) is 0 Å². The number of carboxylic acid groups (broad SMARTS) is 1. The number of unbranched alkanes of at least 4 members (excludes halogenated alkanes) is 16. The van der Waals surface area contributed by atoms with Crippen molar-refractivity contribution in [1.29, 1.82) is 0 Å². The summed E-state index contributed by atoms with van der Waals surface area (Å²) in [6.45, 7) is 12.2. The Morgan fingerprint density at radius 3 is 1.62 bits per heavy atom. The van der Waals surface area contributed by atoms with Gasteiger partial charge in [-0.1, -0.05) is 122 Å². The Bertz CT molecular complexity index is 544. The van der Waals surface area contributed by atoms with Crippen LogP contribution in [0.4, 0.5) is 0 Å². The molecule has 4 heteroatoms. The fourth-order valence-electron chi connectivity index (χ4n) is 6.65. The molecule has 220 valence electrons. The third-order valence-corrected chi connectivity index (χ3v) is 8.20. The number of rotatable bonds is 24. The summed E-state index contributed by atoms with van der Waals surface area (Å²) in [5, 5.41) is 13.2. The normalized spacial score (nSPS) is 18.2. The fourth-order valence-corrected chi connectivity index (χ4v) is 6.65. The Balaban J connectivity index is 1.85. The van der Waals surface area contributed by atoms with Gasteiger partial charge in [0, 0.05) is 17.7 Å². The first-order valence-corrected chi connectivity index (χ1v) is 16.3. The van der Waals surface area contributed by atoms with E-state index < -0.39 is 12.1 Å². The molecule has 37 heavy (non-hydrogen) atoms. The highest BCUT2D eigenvalue weighted by atomic mass is 16.5. The van der Waals surface area contributed by atoms with E-state index in [9.17, 15) is 9.90 Å². The molecule has 1 saturated heterocycles. The molecular weight excluding hydrogens is 458 g/mol. The SMILES string of the molecule is CCCCCCOC(CCCCCCCCCCCCCCCCC1CC(C)(C)NC(C)(C)C1)C(=O)O. The molecule has 0 saturated carbocycles. The second kappa shape index (κ2) is 20.3. The molecule has 0 radical (unpaired) electrons. The predicted octanol–water partition coefficient (Wildman–Crippen LogP) is 9.83. The molecule has 0 aliphatic carbocycles. The average Bonchev–Trinajstić information content (AvgIpc) is 2.80. The highest BCUT2D eigenvalue weighted by Crippen LogP contribution is 2.35. The van der Waals surface area contributed by atoms with E-state index in [0.29, 0.717) is 24.1 Å². The molecule has 2 N–H and O–H groups in total. The van der Waals surface area contributed by atoms with E-state index in [-0.39, 0.29) is 0 Å². The summed E-state index contributed by atoms with van der Waals surface area (Å²) in [5.41, 5.74) is 0.584. The van der Waals surface area contributed by atoms with Gasteiger partial charge < -0.3 is 15.2 Å². The van der Waals surface area contributed by atoms with Crippen LogP contribution in [-0.4, -0.2) is 34.9 Å². The molecule has 0 aromatic carbocycles. The third kappa shape index (κ3) is 19.2. The quantitative estimate of drug-likeness (QED) is 0.124. The van der Waals surface area contributed by atoms with Crippen molar-refractivity contribution in [3.63, 3.8) is 0 Å². The maximum atomic E-state index is 11.4. The van der Waals surface area contributed by atoms with Gasteiger partial charge in [-0.25, -0.2) is 4.79 Å². The van der Waals surface area contributed by atoms with E-state index >= 15 is 0 Å². The Morgan fingerprint density at radius 1 is 0.730 bits per heavy atom. The summed E-state index contributed by atoms with van der Waals surface area (Å²) in [5.74, 6) is 0.105. The van der Waals surface area contributed by atoms with Gasteiger partial charge in [0.15, 0.2) is 6.10 Å². The number of ether oxygens (including phenoxy) is 1. The third-order valence-electron chi connectivity index (χ3n) is 8.20. The first kappa shape index (κ1) is 34.4. The molecule has 4 nitrogen and oxygen atoms in total. The van der Waals surface area contributed by atoms with Gasteiger partial charge in [-0.15, -0.1) is 0 Å². The van der Waals surface area contributed by atoms with E-state index in [0.717, 1.165) is 31.6 Å². The van der Waals surface area contributed by atoms with E-state index in [4.69, 9.17) is 4.74 Å². The molecule has 0 aromatic rings. The number of nitrogens with one attached hydrogen (secondary N) is 1. The molecule has 1 aliphatic heterocycles. The van der Waals surface area contributed by atoms with Crippen LogP contribution in [0.3, 0.4) is 0 Å². The Kier molecular flexibility index (Phi) is 18.9. The molecule has 1 fully saturated rings. The summed E-state index contributed by atoms with van der Waals surface area (Å²) in [6, 6.07) is 0. The zero-order chi connectivity index (χ0) is 27.4. The molecule has 0 amide bonds. The lowest BCUT2D eigenvalue weighted by Crippen LogP contribution is -2.57. The van der Waals surface area contributed by atoms with Gasteiger partial charge >= 0.3 is 5.97 Å². The molecule has 1 atom stereocenters. The number of carbonyl (C=O) groups is 1. The van der Waals surface area contributed by atoms with Crippen molar-refractivity contribution in [1.82, 2.24) is 5.32 Å². The Hall–Kier alpha value is -0.610. The monoisotopic (exact) mass is 523 g/mol. The molecule has 0 bridgehead atoms.